The Morgan fingerprint density at radius 1 is 1.15 bits per heavy atom. The molecule has 3 rings (SSSR count). The molecule has 142 valence electrons. The number of amides is 2. The molecule has 0 radical (unpaired) electrons. The number of hydrogen-bond acceptors (Lipinski definition) is 4. The molecule has 2 aromatic carbocycles. The van der Waals surface area contributed by atoms with Gasteiger partial charge in [-0.3, -0.25) is 9.59 Å². The average molecular weight is 408 g/mol. The Morgan fingerprint density at radius 2 is 1.85 bits per heavy atom. The first kappa shape index (κ1) is 19.3. The van der Waals surface area contributed by atoms with Crippen LogP contribution in [0.25, 0.3) is 0 Å². The number of benzene rings is 2. The summed E-state index contributed by atoms with van der Waals surface area (Å²) < 4.78 is 26.0. The van der Waals surface area contributed by atoms with E-state index in [1.807, 2.05) is 0 Å². The van der Waals surface area contributed by atoms with Crippen LogP contribution in [-0.4, -0.2) is 33.8 Å². The number of nitrogens with one attached hydrogen (secondary N) is 2. The third-order valence-corrected chi connectivity index (χ3v) is 6.01. The molecule has 0 aliphatic carbocycles. The molecule has 2 aromatic rings. The molecule has 2 N–H and O–H groups in total. The SMILES string of the molecule is CNS(=O)(=O)c1ccc(Cl)c(C(=O)Nc2ccc(N3CCCC3=O)cc2)c1. The zero-order valence-corrected chi connectivity index (χ0v) is 16.1. The maximum absolute atomic E-state index is 12.5. The van der Waals surface area contributed by atoms with E-state index in [9.17, 15) is 18.0 Å². The van der Waals surface area contributed by atoms with Crippen molar-refractivity contribution in [2.45, 2.75) is 17.7 Å². The van der Waals surface area contributed by atoms with Crippen LogP contribution >= 0.6 is 11.6 Å². The number of sulfonamides is 1. The van der Waals surface area contributed by atoms with Gasteiger partial charge in [-0.25, -0.2) is 13.1 Å². The van der Waals surface area contributed by atoms with Crippen LogP contribution in [0.4, 0.5) is 11.4 Å². The topological polar surface area (TPSA) is 95.6 Å². The van der Waals surface area contributed by atoms with Crippen LogP contribution in [-0.2, 0) is 14.8 Å². The second kappa shape index (κ2) is 7.67. The first-order valence-electron chi connectivity index (χ1n) is 8.27. The van der Waals surface area contributed by atoms with Gasteiger partial charge in [-0.05, 0) is 55.9 Å². The van der Waals surface area contributed by atoms with Crippen LogP contribution in [0.2, 0.25) is 5.02 Å². The Balaban J connectivity index is 1.79. The van der Waals surface area contributed by atoms with Crippen molar-refractivity contribution in [1.82, 2.24) is 4.72 Å². The summed E-state index contributed by atoms with van der Waals surface area (Å²) in [4.78, 5) is 26.0. The van der Waals surface area contributed by atoms with Gasteiger partial charge in [-0.2, -0.15) is 0 Å². The fraction of sp³-hybridized carbons (Fsp3) is 0.222. The molecule has 0 bridgehead atoms. The molecule has 0 unspecified atom stereocenters. The lowest BCUT2D eigenvalue weighted by Crippen LogP contribution is -2.23. The average Bonchev–Trinajstić information content (AvgIpc) is 3.08. The Morgan fingerprint density at radius 3 is 2.44 bits per heavy atom. The van der Waals surface area contributed by atoms with E-state index < -0.39 is 15.9 Å². The minimum Gasteiger partial charge on any atom is -0.322 e. The van der Waals surface area contributed by atoms with Gasteiger partial charge >= 0.3 is 0 Å². The van der Waals surface area contributed by atoms with E-state index in [0.29, 0.717) is 18.7 Å². The quantitative estimate of drug-likeness (QED) is 0.796. The summed E-state index contributed by atoms with van der Waals surface area (Å²) in [6.07, 6.45) is 1.38. The molecule has 1 aliphatic heterocycles. The van der Waals surface area contributed by atoms with Crippen molar-refractivity contribution in [3.63, 3.8) is 0 Å². The number of carbonyl (C=O) groups is 2. The summed E-state index contributed by atoms with van der Waals surface area (Å²) in [5.74, 6) is -0.445. The van der Waals surface area contributed by atoms with Gasteiger partial charge in [0.2, 0.25) is 15.9 Å². The highest BCUT2D eigenvalue weighted by Crippen LogP contribution is 2.25. The third-order valence-electron chi connectivity index (χ3n) is 4.27. The molecule has 0 atom stereocenters. The predicted molar refractivity (Wildman–Crippen MR) is 104 cm³/mol. The lowest BCUT2D eigenvalue weighted by Gasteiger charge is -2.16. The van der Waals surface area contributed by atoms with Crippen molar-refractivity contribution in [2.75, 3.05) is 23.8 Å². The number of nitrogens with zero attached hydrogens (tertiary/aromatic N) is 1. The standard InChI is InChI=1S/C18H18ClN3O4S/c1-20-27(25,26)14-8-9-16(19)15(11-14)18(24)21-12-4-6-13(7-5-12)22-10-2-3-17(22)23/h4-9,11,20H,2-3,10H2,1H3,(H,21,24). The van der Waals surface area contributed by atoms with Gasteiger partial charge in [0.05, 0.1) is 15.5 Å². The summed E-state index contributed by atoms with van der Waals surface area (Å²) in [6.45, 7) is 0.687. The third kappa shape index (κ3) is 4.13. The smallest absolute Gasteiger partial charge is 0.257 e. The van der Waals surface area contributed by atoms with Crippen LogP contribution in [0, 0.1) is 0 Å². The van der Waals surface area contributed by atoms with Crippen LogP contribution < -0.4 is 14.9 Å². The number of halogens is 1. The highest BCUT2D eigenvalue weighted by Gasteiger charge is 2.22. The Hall–Kier alpha value is -2.42. The van der Waals surface area contributed by atoms with Crippen molar-refractivity contribution in [2.24, 2.45) is 0 Å². The van der Waals surface area contributed by atoms with E-state index in [1.54, 1.807) is 29.2 Å². The molecule has 0 spiro atoms. The van der Waals surface area contributed by atoms with E-state index in [2.05, 4.69) is 10.0 Å². The Bertz CT molecular complexity index is 990. The minimum atomic E-state index is -3.69. The number of hydrogen-bond donors (Lipinski definition) is 2. The second-order valence-corrected chi connectivity index (χ2v) is 8.29. The van der Waals surface area contributed by atoms with Gasteiger partial charge in [-0.1, -0.05) is 11.6 Å². The van der Waals surface area contributed by atoms with E-state index in [0.717, 1.165) is 12.1 Å². The highest BCUT2D eigenvalue weighted by atomic mass is 35.5. The summed E-state index contributed by atoms with van der Waals surface area (Å²) >= 11 is 6.06. The molecule has 1 fully saturated rings. The Labute approximate surface area is 162 Å². The van der Waals surface area contributed by atoms with E-state index in [-0.39, 0.29) is 21.4 Å². The molecule has 2 amide bonds. The van der Waals surface area contributed by atoms with Gasteiger partial charge in [0.25, 0.3) is 5.91 Å². The Kier molecular flexibility index (Phi) is 5.50. The largest absolute Gasteiger partial charge is 0.322 e. The van der Waals surface area contributed by atoms with E-state index >= 15 is 0 Å². The maximum atomic E-state index is 12.5. The second-order valence-electron chi connectivity index (χ2n) is 6.00. The molecular weight excluding hydrogens is 390 g/mol. The van der Waals surface area contributed by atoms with E-state index in [4.69, 9.17) is 11.6 Å². The summed E-state index contributed by atoms with van der Waals surface area (Å²) in [6, 6.07) is 10.8. The number of rotatable bonds is 5. The van der Waals surface area contributed by atoms with Gasteiger partial charge in [0.1, 0.15) is 0 Å². The molecular formula is C18H18ClN3O4S. The molecule has 1 heterocycles. The lowest BCUT2D eigenvalue weighted by molar-refractivity contribution is -0.117. The van der Waals surface area contributed by atoms with Crippen molar-refractivity contribution in [3.05, 3.63) is 53.1 Å². The van der Waals surface area contributed by atoms with Crippen LogP contribution in [0.1, 0.15) is 23.2 Å². The molecule has 0 saturated carbocycles. The molecule has 9 heteroatoms. The molecule has 1 aliphatic rings. The molecule has 27 heavy (non-hydrogen) atoms. The van der Waals surface area contributed by atoms with Crippen molar-refractivity contribution < 1.29 is 18.0 Å². The minimum absolute atomic E-state index is 0.0480. The normalized spacial score (nSPS) is 14.4. The monoisotopic (exact) mass is 407 g/mol. The molecule has 1 saturated heterocycles. The fourth-order valence-corrected chi connectivity index (χ4v) is 3.77. The predicted octanol–water partition coefficient (Wildman–Crippen LogP) is 2.63. The lowest BCUT2D eigenvalue weighted by atomic mass is 10.2. The summed E-state index contributed by atoms with van der Waals surface area (Å²) in [5.41, 5.74) is 1.33. The maximum Gasteiger partial charge on any atom is 0.257 e. The van der Waals surface area contributed by atoms with Gasteiger partial charge in [0, 0.05) is 24.3 Å². The molecule has 0 aromatic heterocycles. The number of carbonyl (C=O) groups excluding carboxylic acids is 2. The zero-order chi connectivity index (χ0) is 19.6. The van der Waals surface area contributed by atoms with Gasteiger partial charge < -0.3 is 10.2 Å². The summed E-state index contributed by atoms with van der Waals surface area (Å²) in [7, 11) is -2.40. The van der Waals surface area contributed by atoms with Crippen LogP contribution in [0.3, 0.4) is 0 Å². The van der Waals surface area contributed by atoms with Crippen molar-refractivity contribution in [3.8, 4) is 0 Å². The first-order valence-corrected chi connectivity index (χ1v) is 10.1. The van der Waals surface area contributed by atoms with Crippen LogP contribution in [0.15, 0.2) is 47.4 Å². The zero-order valence-electron chi connectivity index (χ0n) is 14.5. The fourth-order valence-electron chi connectivity index (χ4n) is 2.81. The highest BCUT2D eigenvalue weighted by molar-refractivity contribution is 7.89. The van der Waals surface area contributed by atoms with Gasteiger partial charge in [-0.15, -0.1) is 0 Å². The van der Waals surface area contributed by atoms with Gasteiger partial charge in [0.15, 0.2) is 0 Å². The van der Waals surface area contributed by atoms with Crippen molar-refractivity contribution >= 4 is 44.8 Å². The van der Waals surface area contributed by atoms with E-state index in [1.165, 1.54) is 25.2 Å². The molecule has 7 nitrogen and oxygen atoms in total. The summed E-state index contributed by atoms with van der Waals surface area (Å²) in [5, 5.41) is 2.82. The first-order chi connectivity index (χ1) is 12.8. The van der Waals surface area contributed by atoms with Crippen molar-refractivity contribution in [1.29, 1.82) is 0 Å². The number of anilines is 2. The van der Waals surface area contributed by atoms with Crippen LogP contribution in [0.5, 0.6) is 0 Å².